The van der Waals surface area contributed by atoms with Crippen molar-refractivity contribution in [2.24, 2.45) is 5.73 Å². The van der Waals surface area contributed by atoms with Gasteiger partial charge in [-0.15, -0.1) is 23.2 Å². The van der Waals surface area contributed by atoms with E-state index >= 15 is 0 Å². The number of alkyl halides is 2. The van der Waals surface area contributed by atoms with Crippen LogP contribution in [0.15, 0.2) is 24.3 Å². The van der Waals surface area contributed by atoms with Gasteiger partial charge in [0.1, 0.15) is 18.8 Å². The zero-order valence-corrected chi connectivity index (χ0v) is 31.9. The molecule has 0 aromatic heterocycles. The van der Waals surface area contributed by atoms with Crippen LogP contribution in [0.2, 0.25) is 0 Å². The number of carbonyl (C=O) groups excluding carboxylic acids is 2. The number of aliphatic hydroxyl groups is 1. The molecule has 39 heavy (non-hydrogen) atoms. The summed E-state index contributed by atoms with van der Waals surface area (Å²) < 4.78 is 22.6. The number of nitrogens with one attached hydrogen (secondary N) is 1. The van der Waals surface area contributed by atoms with E-state index in [1.54, 1.807) is 24.3 Å². The van der Waals surface area contributed by atoms with Gasteiger partial charge in [0, 0.05) is 6.54 Å². The molecule has 12 nitrogen and oxygen atoms in total. The molecular formula is C20H37Cl2N3Na3O9P2+. The number of quaternary nitrogens is 1. The summed E-state index contributed by atoms with van der Waals surface area (Å²) >= 11 is 11.7. The van der Waals surface area contributed by atoms with Crippen molar-refractivity contribution in [3.63, 3.8) is 0 Å². The molecule has 0 radical (unpaired) electrons. The fourth-order valence-electron chi connectivity index (χ4n) is 3.58. The van der Waals surface area contributed by atoms with E-state index in [2.05, 4.69) is 5.32 Å². The van der Waals surface area contributed by atoms with Gasteiger partial charge in [-0.3, -0.25) is 13.9 Å². The van der Waals surface area contributed by atoms with Crippen LogP contribution in [0.25, 0.3) is 0 Å². The Morgan fingerprint density at radius 1 is 1.00 bits per heavy atom. The number of amides is 2. The first-order valence-corrected chi connectivity index (χ1v) is 15.4. The SMILES string of the molecule is N[C@@H](Cc1ccc([N+](C=O)(CCCl)CCCl)cc1)C(=O)NCCCCCC(O)(P(=O)(O)O)P(=O)(O)O.[H-].[H-].[H-].[Na+].[Na+].[Na+]. The van der Waals surface area contributed by atoms with E-state index < -0.39 is 38.6 Å². The number of nitrogens with zero attached hydrogens (tertiary/aromatic N) is 1. The topological polar surface area (TPSA) is 207 Å². The number of nitrogens with two attached hydrogens (primary N) is 1. The van der Waals surface area contributed by atoms with Gasteiger partial charge in [0.2, 0.25) is 5.91 Å². The first-order valence-electron chi connectivity index (χ1n) is 11.1. The molecule has 0 aliphatic carbocycles. The quantitative estimate of drug-likeness (QED) is 0.0209. The van der Waals surface area contributed by atoms with Gasteiger partial charge in [0.15, 0.2) is 0 Å². The molecule has 19 heteroatoms. The van der Waals surface area contributed by atoms with Crippen molar-refractivity contribution in [1.82, 2.24) is 9.80 Å². The Kier molecular flexibility index (Phi) is 24.5. The normalized spacial score (nSPS) is 12.8. The van der Waals surface area contributed by atoms with Gasteiger partial charge in [-0.25, -0.2) is 9.28 Å². The van der Waals surface area contributed by atoms with Crippen molar-refractivity contribution < 1.29 is 136 Å². The van der Waals surface area contributed by atoms with Gasteiger partial charge < -0.3 is 40.0 Å². The average Bonchev–Trinajstić information content (AvgIpc) is 2.79. The summed E-state index contributed by atoms with van der Waals surface area (Å²) in [5.41, 5.74) is 7.47. The molecule has 0 saturated carbocycles. The van der Waals surface area contributed by atoms with E-state index in [4.69, 9.17) is 48.5 Å². The molecule has 0 aliphatic heterocycles. The van der Waals surface area contributed by atoms with Crippen molar-refractivity contribution >= 4 is 56.4 Å². The molecule has 1 aromatic rings. The number of carbonyl (C=O) groups is 2. The van der Waals surface area contributed by atoms with E-state index in [0.29, 0.717) is 19.5 Å². The molecule has 0 bridgehead atoms. The summed E-state index contributed by atoms with van der Waals surface area (Å²) in [4.78, 5) is 60.5. The number of benzene rings is 1. The number of unbranched alkanes of at least 4 members (excludes halogenated alkanes) is 2. The predicted octanol–water partition coefficient (Wildman–Crippen LogP) is -7.47. The van der Waals surface area contributed by atoms with Crippen LogP contribution >= 0.6 is 38.4 Å². The van der Waals surface area contributed by atoms with Crippen LogP contribution in [0.5, 0.6) is 0 Å². The van der Waals surface area contributed by atoms with Gasteiger partial charge in [0.05, 0.1) is 17.8 Å². The molecule has 0 unspecified atom stereocenters. The van der Waals surface area contributed by atoms with Gasteiger partial charge in [-0.2, -0.15) is 0 Å². The third-order valence-electron chi connectivity index (χ3n) is 5.83. The minimum Gasteiger partial charge on any atom is -1.00 e. The van der Waals surface area contributed by atoms with Crippen molar-refractivity contribution in [1.29, 1.82) is 0 Å². The van der Waals surface area contributed by atoms with Gasteiger partial charge in [-0.05, 0) is 43.4 Å². The zero-order chi connectivity index (χ0) is 27.6. The monoisotopic (exact) mass is 664 g/mol. The molecule has 0 heterocycles. The number of hydrogen-bond donors (Lipinski definition) is 7. The molecule has 1 rings (SSSR count). The Balaban J connectivity index is -0.000000540. The Morgan fingerprint density at radius 2 is 1.49 bits per heavy atom. The summed E-state index contributed by atoms with van der Waals surface area (Å²) in [5.74, 6) is 0.121. The Hall–Kier alpha value is 2.12. The molecule has 0 aliphatic rings. The second kappa shape index (κ2) is 21.0. The maximum Gasteiger partial charge on any atom is 1.00 e. The van der Waals surface area contributed by atoms with E-state index in [-0.39, 0.29) is 135 Å². The number of rotatable bonds is 17. The van der Waals surface area contributed by atoms with Crippen molar-refractivity contribution in [3.8, 4) is 0 Å². The molecule has 8 N–H and O–H groups in total. The summed E-state index contributed by atoms with van der Waals surface area (Å²) in [6.07, 6.45) is 0.715. The van der Waals surface area contributed by atoms with Crippen LogP contribution in [-0.4, -0.2) is 79.5 Å². The Morgan fingerprint density at radius 3 is 1.90 bits per heavy atom. The van der Waals surface area contributed by atoms with Gasteiger partial charge in [0.25, 0.3) is 5.08 Å². The fourth-order valence-corrected chi connectivity index (χ4v) is 6.44. The molecule has 0 saturated heterocycles. The first kappa shape index (κ1) is 45.5. The summed E-state index contributed by atoms with van der Waals surface area (Å²) in [6, 6.07) is 6.21. The van der Waals surface area contributed by atoms with Crippen LogP contribution < -0.4 is 104 Å². The van der Waals surface area contributed by atoms with E-state index in [9.17, 15) is 23.8 Å². The van der Waals surface area contributed by atoms with E-state index in [1.165, 1.54) is 0 Å². The standard InChI is InChI=1S/C20H33Cl2N3O9P2.3Na.3H/c21-9-12-25(15-26,13-10-22)17-6-4-16(5-7-17)14-18(23)19(27)24-11-3-1-2-8-20(28,35(29,30)31)36(32,33)34;;;;;;/h4-7,15,18,28H,1-3,8-14,23H2,(H4-,24,27,29,30,31,32,33,34);;;;;;/q;3*+1;3*-1/p+1/t18-;;;;;;/m0....../s1. The smallest absolute Gasteiger partial charge is 1.00 e. The summed E-state index contributed by atoms with van der Waals surface area (Å²) in [5, 5.41) is 9.02. The van der Waals surface area contributed by atoms with E-state index in [0.717, 1.165) is 17.7 Å². The molecule has 1 aromatic carbocycles. The number of halogens is 2. The fraction of sp³-hybridized carbons (Fsp3) is 0.600. The molecule has 1 atom stereocenters. The van der Waals surface area contributed by atoms with Crippen molar-refractivity contribution in [2.45, 2.75) is 43.2 Å². The summed E-state index contributed by atoms with van der Waals surface area (Å²) in [7, 11) is -10.9. The number of hydrogen-bond acceptors (Lipinski definition) is 6. The zero-order valence-electron chi connectivity index (χ0n) is 25.6. The van der Waals surface area contributed by atoms with Crippen LogP contribution in [0.1, 0.15) is 35.5 Å². The molecule has 0 fully saturated rings. The maximum absolute atomic E-state index is 12.3. The molecule has 0 spiro atoms. The van der Waals surface area contributed by atoms with Crippen LogP contribution in [0, 0.1) is 0 Å². The Bertz CT molecular complexity index is 959. The van der Waals surface area contributed by atoms with Crippen LogP contribution in [0.4, 0.5) is 5.69 Å². The van der Waals surface area contributed by atoms with E-state index in [1.807, 2.05) is 0 Å². The van der Waals surface area contributed by atoms with Crippen LogP contribution in [-0.2, 0) is 25.1 Å². The molecule has 212 valence electrons. The van der Waals surface area contributed by atoms with Crippen molar-refractivity contribution in [2.75, 3.05) is 31.4 Å². The Labute approximate surface area is 309 Å². The van der Waals surface area contributed by atoms with Crippen molar-refractivity contribution in [3.05, 3.63) is 29.8 Å². The molecule has 2 amide bonds. The second-order valence-corrected chi connectivity index (χ2v) is 13.2. The minimum atomic E-state index is -5.47. The largest absolute Gasteiger partial charge is 1.00 e. The summed E-state index contributed by atoms with van der Waals surface area (Å²) in [6.45, 7) is 0.944. The molecular weight excluding hydrogens is 628 g/mol. The third kappa shape index (κ3) is 13.7. The second-order valence-electron chi connectivity index (χ2n) is 8.41. The first-order chi connectivity index (χ1) is 16.7. The third-order valence-corrected chi connectivity index (χ3v) is 10.0. The van der Waals surface area contributed by atoms with Gasteiger partial charge in [-0.1, -0.05) is 18.6 Å². The average molecular weight is 665 g/mol. The van der Waals surface area contributed by atoms with Gasteiger partial charge >= 0.3 is 110 Å². The van der Waals surface area contributed by atoms with Crippen LogP contribution in [0.3, 0.4) is 0 Å². The predicted molar refractivity (Wildman–Crippen MR) is 141 cm³/mol. The maximum atomic E-state index is 12.3. The minimum absolute atomic E-state index is 0.